The summed E-state index contributed by atoms with van der Waals surface area (Å²) in [6.07, 6.45) is 5.81. The Labute approximate surface area is 105 Å². The van der Waals surface area contributed by atoms with Crippen molar-refractivity contribution in [2.24, 2.45) is 0 Å². The van der Waals surface area contributed by atoms with Crippen LogP contribution in [-0.2, 0) is 4.79 Å². The van der Waals surface area contributed by atoms with Crippen molar-refractivity contribution < 1.29 is 4.79 Å². The highest BCUT2D eigenvalue weighted by Crippen LogP contribution is 2.17. The van der Waals surface area contributed by atoms with Gasteiger partial charge < -0.3 is 4.90 Å². The number of carbonyl (C=O) groups excluding carboxylic acids is 1. The molecule has 0 amide bonds. The van der Waals surface area contributed by atoms with Crippen LogP contribution in [0.4, 0.5) is 5.95 Å². The summed E-state index contributed by atoms with van der Waals surface area (Å²) in [7, 11) is 0. The number of pyridine rings is 1. The monoisotopic (exact) mass is 240 g/mol. The van der Waals surface area contributed by atoms with E-state index in [1.807, 2.05) is 23.1 Å². The summed E-state index contributed by atoms with van der Waals surface area (Å²) in [6.45, 7) is 1.13. The van der Waals surface area contributed by atoms with Gasteiger partial charge in [-0.3, -0.25) is 9.78 Å². The van der Waals surface area contributed by atoms with Crippen LogP contribution in [0.25, 0.3) is 11.3 Å². The number of Topliss-reactive ketones (excluding diaryl/α,β-unsaturated/α-hetero) is 1. The minimum Gasteiger partial charge on any atom is -0.333 e. The fourth-order valence-electron chi connectivity index (χ4n) is 1.95. The predicted molar refractivity (Wildman–Crippen MR) is 67.1 cm³/mol. The number of anilines is 1. The van der Waals surface area contributed by atoms with Gasteiger partial charge in [-0.15, -0.1) is 0 Å². The van der Waals surface area contributed by atoms with E-state index in [1.54, 1.807) is 18.6 Å². The van der Waals surface area contributed by atoms with E-state index in [4.69, 9.17) is 0 Å². The van der Waals surface area contributed by atoms with Crippen molar-refractivity contribution in [2.45, 2.75) is 6.42 Å². The van der Waals surface area contributed by atoms with E-state index in [0.717, 1.165) is 11.3 Å². The first-order valence-corrected chi connectivity index (χ1v) is 5.83. The molecule has 3 rings (SSSR count). The Kier molecular flexibility index (Phi) is 2.72. The molecule has 90 valence electrons. The topological polar surface area (TPSA) is 59.0 Å². The summed E-state index contributed by atoms with van der Waals surface area (Å²) in [6, 6.07) is 5.71. The van der Waals surface area contributed by atoms with Crippen molar-refractivity contribution in [3.8, 4) is 11.3 Å². The van der Waals surface area contributed by atoms with Gasteiger partial charge in [-0.05, 0) is 12.1 Å². The minimum absolute atomic E-state index is 0.243. The molecule has 0 bridgehead atoms. The average molecular weight is 240 g/mol. The molecular formula is C13H12N4O. The van der Waals surface area contributed by atoms with E-state index >= 15 is 0 Å². The SMILES string of the molecule is O=C1CCN(c2ncc(-c3ccccn3)cn2)C1. The van der Waals surface area contributed by atoms with E-state index in [2.05, 4.69) is 15.0 Å². The Morgan fingerprint density at radius 2 is 1.94 bits per heavy atom. The smallest absolute Gasteiger partial charge is 0.225 e. The van der Waals surface area contributed by atoms with E-state index in [-0.39, 0.29) is 5.78 Å². The fraction of sp³-hybridized carbons (Fsp3) is 0.231. The van der Waals surface area contributed by atoms with Crippen molar-refractivity contribution in [3.63, 3.8) is 0 Å². The quantitative estimate of drug-likeness (QED) is 0.792. The van der Waals surface area contributed by atoms with Gasteiger partial charge >= 0.3 is 0 Å². The summed E-state index contributed by atoms with van der Waals surface area (Å²) < 4.78 is 0. The third-order valence-electron chi connectivity index (χ3n) is 2.91. The van der Waals surface area contributed by atoms with E-state index in [9.17, 15) is 4.79 Å². The molecule has 1 aliphatic heterocycles. The molecule has 5 nitrogen and oxygen atoms in total. The first kappa shape index (κ1) is 10.8. The number of hydrogen-bond acceptors (Lipinski definition) is 5. The molecule has 2 aromatic heterocycles. The highest BCUT2D eigenvalue weighted by atomic mass is 16.1. The van der Waals surface area contributed by atoms with Crippen LogP contribution >= 0.6 is 0 Å². The van der Waals surface area contributed by atoms with Gasteiger partial charge in [0.05, 0.1) is 12.2 Å². The zero-order valence-electron chi connectivity index (χ0n) is 9.78. The van der Waals surface area contributed by atoms with Crippen molar-refractivity contribution >= 4 is 11.7 Å². The van der Waals surface area contributed by atoms with Gasteiger partial charge in [-0.25, -0.2) is 9.97 Å². The molecule has 1 aliphatic rings. The predicted octanol–water partition coefficient (Wildman–Crippen LogP) is 1.32. The molecular weight excluding hydrogens is 228 g/mol. The van der Waals surface area contributed by atoms with Crippen LogP contribution in [0.2, 0.25) is 0 Å². The molecule has 0 N–H and O–H groups in total. The maximum Gasteiger partial charge on any atom is 0.225 e. The molecule has 5 heteroatoms. The lowest BCUT2D eigenvalue weighted by Gasteiger charge is -2.13. The zero-order chi connectivity index (χ0) is 12.4. The Hall–Kier alpha value is -2.30. The highest BCUT2D eigenvalue weighted by molar-refractivity contribution is 5.86. The number of rotatable bonds is 2. The number of hydrogen-bond donors (Lipinski definition) is 0. The average Bonchev–Trinajstić information content (AvgIpc) is 2.87. The fourth-order valence-corrected chi connectivity index (χ4v) is 1.95. The molecule has 0 saturated carbocycles. The third-order valence-corrected chi connectivity index (χ3v) is 2.91. The maximum atomic E-state index is 11.2. The summed E-state index contributed by atoms with van der Waals surface area (Å²) in [5, 5.41) is 0. The summed E-state index contributed by atoms with van der Waals surface area (Å²) in [4.78, 5) is 25.9. The molecule has 0 aromatic carbocycles. The van der Waals surface area contributed by atoms with Gasteiger partial charge in [0.15, 0.2) is 5.78 Å². The van der Waals surface area contributed by atoms with E-state index in [0.29, 0.717) is 25.5 Å². The van der Waals surface area contributed by atoms with Gasteiger partial charge in [-0.1, -0.05) is 6.07 Å². The lowest BCUT2D eigenvalue weighted by atomic mass is 10.2. The number of ketones is 1. The third kappa shape index (κ3) is 2.07. The van der Waals surface area contributed by atoms with Gasteiger partial charge in [0.1, 0.15) is 0 Å². The number of nitrogens with zero attached hydrogens (tertiary/aromatic N) is 4. The van der Waals surface area contributed by atoms with Crippen LogP contribution in [0.5, 0.6) is 0 Å². The lowest BCUT2D eigenvalue weighted by molar-refractivity contribution is -0.116. The molecule has 3 heterocycles. The Bertz CT molecular complexity index is 553. The molecule has 0 aliphatic carbocycles. The molecule has 1 saturated heterocycles. The van der Waals surface area contributed by atoms with Crippen molar-refractivity contribution in [2.75, 3.05) is 18.0 Å². The van der Waals surface area contributed by atoms with Crippen LogP contribution < -0.4 is 4.90 Å². The molecule has 0 radical (unpaired) electrons. The highest BCUT2D eigenvalue weighted by Gasteiger charge is 2.21. The Balaban J connectivity index is 1.83. The van der Waals surface area contributed by atoms with Crippen molar-refractivity contribution in [3.05, 3.63) is 36.8 Å². The van der Waals surface area contributed by atoms with Crippen molar-refractivity contribution in [1.82, 2.24) is 15.0 Å². The molecule has 2 aromatic rings. The van der Waals surface area contributed by atoms with Gasteiger partial charge in [0, 0.05) is 37.1 Å². The first-order chi connectivity index (χ1) is 8.83. The Morgan fingerprint density at radius 1 is 1.11 bits per heavy atom. The second kappa shape index (κ2) is 4.52. The van der Waals surface area contributed by atoms with Crippen LogP contribution in [0.15, 0.2) is 36.8 Å². The van der Waals surface area contributed by atoms with E-state index in [1.165, 1.54) is 0 Å². The van der Waals surface area contributed by atoms with E-state index < -0.39 is 0 Å². The molecule has 0 atom stereocenters. The number of aromatic nitrogens is 3. The lowest BCUT2D eigenvalue weighted by Crippen LogP contribution is -2.21. The van der Waals surface area contributed by atoms with Crippen LogP contribution in [0, 0.1) is 0 Å². The zero-order valence-corrected chi connectivity index (χ0v) is 9.78. The summed E-state index contributed by atoms with van der Waals surface area (Å²) in [5.74, 6) is 0.855. The first-order valence-electron chi connectivity index (χ1n) is 5.83. The van der Waals surface area contributed by atoms with Crippen LogP contribution in [0.3, 0.4) is 0 Å². The largest absolute Gasteiger partial charge is 0.333 e. The summed E-state index contributed by atoms with van der Waals surface area (Å²) in [5.41, 5.74) is 1.73. The summed E-state index contributed by atoms with van der Waals surface area (Å²) >= 11 is 0. The van der Waals surface area contributed by atoms with Crippen LogP contribution in [0.1, 0.15) is 6.42 Å². The number of carbonyl (C=O) groups is 1. The van der Waals surface area contributed by atoms with Crippen molar-refractivity contribution in [1.29, 1.82) is 0 Å². The van der Waals surface area contributed by atoms with Crippen LogP contribution in [-0.4, -0.2) is 33.8 Å². The molecule has 18 heavy (non-hydrogen) atoms. The minimum atomic E-state index is 0.243. The molecule has 0 spiro atoms. The van der Waals surface area contributed by atoms with Gasteiger partial charge in [0.2, 0.25) is 5.95 Å². The maximum absolute atomic E-state index is 11.2. The normalized spacial score (nSPS) is 15.1. The van der Waals surface area contributed by atoms with Gasteiger partial charge in [0.25, 0.3) is 0 Å². The Morgan fingerprint density at radius 3 is 2.56 bits per heavy atom. The van der Waals surface area contributed by atoms with Gasteiger partial charge in [-0.2, -0.15) is 0 Å². The second-order valence-electron chi connectivity index (χ2n) is 4.20. The standard InChI is InChI=1S/C13H12N4O/c18-11-4-6-17(9-11)13-15-7-10(8-16-13)12-3-1-2-5-14-12/h1-3,5,7-8H,4,6,9H2. The molecule has 1 fully saturated rings. The molecule has 0 unspecified atom stereocenters. The second-order valence-corrected chi connectivity index (χ2v) is 4.20.